The van der Waals surface area contributed by atoms with E-state index in [2.05, 4.69) is 36.6 Å². The normalized spacial score (nSPS) is 14.7. The van der Waals surface area contributed by atoms with Gasteiger partial charge in [-0.25, -0.2) is 4.68 Å². The number of fused-ring (bicyclic) bond motifs is 1. The van der Waals surface area contributed by atoms with Crippen LogP contribution in [0, 0.1) is 13.8 Å². The van der Waals surface area contributed by atoms with Crippen LogP contribution in [0.5, 0.6) is 5.75 Å². The van der Waals surface area contributed by atoms with Crippen molar-refractivity contribution < 1.29 is 9.53 Å². The lowest BCUT2D eigenvalue weighted by molar-refractivity contribution is -0.113. The molecule has 188 valence electrons. The second-order valence-corrected chi connectivity index (χ2v) is 10.3. The van der Waals surface area contributed by atoms with Gasteiger partial charge < -0.3 is 15.4 Å². The number of ether oxygens (including phenoxy) is 1. The van der Waals surface area contributed by atoms with E-state index in [9.17, 15) is 4.79 Å². The topological polar surface area (TPSA) is 81.1 Å². The largest absolute Gasteiger partial charge is 0.488 e. The Balaban J connectivity index is 1.56. The number of amides is 1. The van der Waals surface area contributed by atoms with Crippen LogP contribution in [-0.4, -0.2) is 20.7 Å². The Morgan fingerprint density at radius 2 is 1.95 bits per heavy atom. The van der Waals surface area contributed by atoms with E-state index < -0.39 is 6.04 Å². The van der Waals surface area contributed by atoms with Crippen molar-refractivity contribution in [1.29, 1.82) is 0 Å². The lowest BCUT2D eigenvalue weighted by atomic mass is 9.94. The summed E-state index contributed by atoms with van der Waals surface area (Å²) in [4.78, 5) is 18.2. The Morgan fingerprint density at radius 1 is 1.14 bits per heavy atom. The van der Waals surface area contributed by atoms with Crippen molar-refractivity contribution in [3.63, 3.8) is 0 Å². The van der Waals surface area contributed by atoms with Gasteiger partial charge in [0.15, 0.2) is 0 Å². The van der Waals surface area contributed by atoms with Crippen LogP contribution in [0.25, 0.3) is 0 Å². The predicted octanol–water partition coefficient (Wildman–Crippen LogP) is 6.82. The number of rotatable bonds is 6. The van der Waals surface area contributed by atoms with Gasteiger partial charge in [0.05, 0.1) is 5.57 Å². The monoisotopic (exact) mass is 577 g/mol. The highest BCUT2D eigenvalue weighted by molar-refractivity contribution is 9.10. The number of aryl methyl sites for hydroxylation is 2. The quantitative estimate of drug-likeness (QED) is 0.262. The van der Waals surface area contributed by atoms with E-state index >= 15 is 0 Å². The summed E-state index contributed by atoms with van der Waals surface area (Å²) in [7, 11) is 0. The summed E-state index contributed by atoms with van der Waals surface area (Å²) in [5.74, 6) is 0.920. The van der Waals surface area contributed by atoms with E-state index in [1.54, 1.807) is 4.68 Å². The highest BCUT2D eigenvalue weighted by Gasteiger charge is 2.35. The minimum absolute atomic E-state index is 0.236. The lowest BCUT2D eigenvalue weighted by Gasteiger charge is -2.30. The summed E-state index contributed by atoms with van der Waals surface area (Å²) in [5.41, 5.74) is 5.69. The fourth-order valence-corrected chi connectivity index (χ4v) is 5.02. The zero-order valence-electron chi connectivity index (χ0n) is 20.5. The summed E-state index contributed by atoms with van der Waals surface area (Å²) in [6.45, 7) is 6.14. The summed E-state index contributed by atoms with van der Waals surface area (Å²) in [6.07, 6.45) is 1.47. The van der Waals surface area contributed by atoms with Crippen molar-refractivity contribution in [2.45, 2.75) is 33.4 Å². The summed E-state index contributed by atoms with van der Waals surface area (Å²) < 4.78 is 8.83. The van der Waals surface area contributed by atoms with Crippen molar-refractivity contribution in [1.82, 2.24) is 14.8 Å². The lowest BCUT2D eigenvalue weighted by Crippen LogP contribution is -2.32. The van der Waals surface area contributed by atoms with Crippen LogP contribution in [0.1, 0.15) is 35.2 Å². The van der Waals surface area contributed by atoms with Crippen LogP contribution in [0.15, 0.2) is 82.7 Å². The van der Waals surface area contributed by atoms with Crippen molar-refractivity contribution in [3.8, 4) is 5.75 Å². The third kappa shape index (κ3) is 5.12. The molecule has 5 rings (SSSR count). The van der Waals surface area contributed by atoms with E-state index in [1.807, 2.05) is 81.4 Å². The first-order valence-corrected chi connectivity index (χ1v) is 12.9. The number of aromatic nitrogens is 3. The molecular formula is C28H25BrClN5O2. The Morgan fingerprint density at radius 3 is 2.73 bits per heavy atom. The molecule has 0 saturated heterocycles. The van der Waals surface area contributed by atoms with Gasteiger partial charge in [0, 0.05) is 32.0 Å². The molecule has 1 atom stereocenters. The van der Waals surface area contributed by atoms with E-state index in [-0.39, 0.29) is 12.5 Å². The fraction of sp³-hybridized carbons (Fsp3) is 0.179. The number of hydrogen-bond donors (Lipinski definition) is 2. The maximum atomic E-state index is 13.8. The van der Waals surface area contributed by atoms with Gasteiger partial charge in [-0.1, -0.05) is 63.4 Å². The minimum atomic E-state index is -0.580. The number of anilines is 2. The second kappa shape index (κ2) is 10.4. The van der Waals surface area contributed by atoms with Gasteiger partial charge >= 0.3 is 0 Å². The Hall–Kier alpha value is -3.62. The summed E-state index contributed by atoms with van der Waals surface area (Å²) in [5, 5.41) is 11.4. The van der Waals surface area contributed by atoms with Gasteiger partial charge in [0.2, 0.25) is 5.95 Å². The van der Waals surface area contributed by atoms with Crippen molar-refractivity contribution in [2.24, 2.45) is 0 Å². The number of benzene rings is 3. The first kappa shape index (κ1) is 25.0. The molecule has 2 heterocycles. The predicted molar refractivity (Wildman–Crippen MR) is 149 cm³/mol. The molecule has 0 saturated carbocycles. The van der Waals surface area contributed by atoms with Crippen LogP contribution in [0.4, 0.5) is 11.6 Å². The van der Waals surface area contributed by atoms with Gasteiger partial charge in [-0.05, 0) is 56.7 Å². The molecule has 1 aromatic heterocycles. The maximum Gasteiger partial charge on any atom is 0.255 e. The van der Waals surface area contributed by atoms with Gasteiger partial charge in [0.1, 0.15) is 24.7 Å². The number of allylic oxidation sites excluding steroid dienone is 1. The Bertz CT molecular complexity index is 1530. The molecule has 1 unspecified atom stereocenters. The summed E-state index contributed by atoms with van der Waals surface area (Å²) >= 11 is 9.95. The van der Waals surface area contributed by atoms with E-state index in [1.165, 1.54) is 6.33 Å². The molecule has 1 amide bonds. The number of nitrogens with one attached hydrogen (secondary N) is 2. The molecule has 1 aliphatic rings. The molecule has 1 aliphatic heterocycles. The first-order chi connectivity index (χ1) is 17.8. The molecule has 4 aromatic rings. The van der Waals surface area contributed by atoms with Crippen molar-refractivity contribution >= 4 is 45.1 Å². The highest BCUT2D eigenvalue weighted by Crippen LogP contribution is 2.41. The molecule has 0 radical (unpaired) electrons. The van der Waals surface area contributed by atoms with Crippen LogP contribution in [0.2, 0.25) is 5.02 Å². The maximum absolute atomic E-state index is 13.8. The van der Waals surface area contributed by atoms with Gasteiger partial charge in [-0.15, -0.1) is 0 Å². The number of carbonyl (C=O) groups is 1. The molecule has 0 aliphatic carbocycles. The average Bonchev–Trinajstić information content (AvgIpc) is 3.33. The average molecular weight is 579 g/mol. The molecule has 7 nitrogen and oxygen atoms in total. The van der Waals surface area contributed by atoms with Crippen LogP contribution in [-0.2, 0) is 11.4 Å². The molecule has 0 spiro atoms. The van der Waals surface area contributed by atoms with E-state index in [0.717, 1.165) is 32.4 Å². The third-order valence-electron chi connectivity index (χ3n) is 6.28. The van der Waals surface area contributed by atoms with Gasteiger partial charge in [0.25, 0.3) is 5.91 Å². The third-order valence-corrected chi connectivity index (χ3v) is 7.14. The Labute approximate surface area is 228 Å². The molecule has 0 fully saturated rings. The second-order valence-electron chi connectivity index (χ2n) is 8.93. The highest BCUT2D eigenvalue weighted by atomic mass is 79.9. The molecule has 0 bridgehead atoms. The molecule has 9 heteroatoms. The van der Waals surface area contributed by atoms with Crippen LogP contribution < -0.4 is 15.4 Å². The first-order valence-electron chi connectivity index (χ1n) is 11.7. The van der Waals surface area contributed by atoms with E-state index in [0.29, 0.717) is 28.0 Å². The standard InChI is InChI=1S/C28H25BrClN5O2/c1-16-8-10-23(17(2)12-16)34-27(36)25-18(3)33-28-31-15-32-35(28)26(25)21-13-20(29)9-11-24(21)37-14-19-6-4-5-7-22(19)30/h4-13,15,26H,14H2,1-3H3,(H,34,36)(H,31,32,33). The van der Waals surface area contributed by atoms with Crippen molar-refractivity contribution in [2.75, 3.05) is 10.6 Å². The SMILES string of the molecule is CC1=C(C(=O)Nc2ccc(C)cc2C)C(c2cc(Br)ccc2OCc2ccccc2Cl)n2ncnc2N1. The smallest absolute Gasteiger partial charge is 0.255 e. The van der Waals surface area contributed by atoms with E-state index in [4.69, 9.17) is 16.3 Å². The minimum Gasteiger partial charge on any atom is -0.488 e. The van der Waals surface area contributed by atoms with Crippen LogP contribution in [0.3, 0.4) is 0 Å². The number of nitrogens with zero attached hydrogens (tertiary/aromatic N) is 3. The zero-order valence-corrected chi connectivity index (χ0v) is 22.9. The molecular weight excluding hydrogens is 554 g/mol. The van der Waals surface area contributed by atoms with Crippen LogP contribution >= 0.6 is 27.5 Å². The molecule has 2 N–H and O–H groups in total. The van der Waals surface area contributed by atoms with Gasteiger partial charge in [-0.2, -0.15) is 10.1 Å². The zero-order chi connectivity index (χ0) is 26.1. The number of hydrogen-bond acceptors (Lipinski definition) is 5. The molecule has 3 aromatic carbocycles. The summed E-state index contributed by atoms with van der Waals surface area (Å²) in [6, 6.07) is 18.6. The number of halogens is 2. The Kier molecular flexibility index (Phi) is 7.04. The van der Waals surface area contributed by atoms with Gasteiger partial charge in [-0.3, -0.25) is 4.79 Å². The number of carbonyl (C=O) groups excluding carboxylic acids is 1. The fourth-order valence-electron chi connectivity index (χ4n) is 4.45. The molecule has 37 heavy (non-hydrogen) atoms. The van der Waals surface area contributed by atoms with Crippen molar-refractivity contribution in [3.05, 3.63) is 110 Å².